The first-order chi connectivity index (χ1) is 11.9. The highest BCUT2D eigenvalue weighted by atomic mass is 79.9. The Morgan fingerprint density at radius 1 is 1.24 bits per heavy atom. The predicted molar refractivity (Wildman–Crippen MR) is 103 cm³/mol. The maximum absolute atomic E-state index is 12.1. The number of carboxylic acid groups (broad SMARTS) is 1. The van der Waals surface area contributed by atoms with Crippen LogP contribution in [-0.2, 0) is 4.79 Å². The number of amidine groups is 1. The van der Waals surface area contributed by atoms with Gasteiger partial charge in [-0.3, -0.25) is 4.79 Å². The average Bonchev–Trinajstić information content (AvgIpc) is 2.91. The van der Waals surface area contributed by atoms with Crippen LogP contribution >= 0.6 is 27.7 Å². The summed E-state index contributed by atoms with van der Waals surface area (Å²) in [5, 5.41) is 12.2. The van der Waals surface area contributed by atoms with Gasteiger partial charge in [-0.05, 0) is 60.2 Å². The van der Waals surface area contributed by atoms with E-state index in [9.17, 15) is 9.59 Å². The fourth-order valence-corrected chi connectivity index (χ4v) is 3.26. The maximum atomic E-state index is 12.1. The molecule has 1 amide bonds. The van der Waals surface area contributed by atoms with E-state index in [1.165, 1.54) is 23.9 Å². The Bertz CT molecular complexity index is 920. The second-order valence-electron chi connectivity index (χ2n) is 5.34. The highest BCUT2D eigenvalue weighted by Gasteiger charge is 2.24. The van der Waals surface area contributed by atoms with E-state index in [-0.39, 0.29) is 11.5 Å². The summed E-state index contributed by atoms with van der Waals surface area (Å²) in [6, 6.07) is 12.3. The number of aromatic carboxylic acids is 1. The van der Waals surface area contributed by atoms with Crippen LogP contribution in [0.15, 0.2) is 56.8 Å². The van der Waals surface area contributed by atoms with E-state index in [0.29, 0.717) is 15.8 Å². The second kappa shape index (κ2) is 7.25. The van der Waals surface area contributed by atoms with Crippen LogP contribution in [0.3, 0.4) is 0 Å². The number of nitrogens with zero attached hydrogens (tertiary/aromatic N) is 1. The molecule has 1 heterocycles. The van der Waals surface area contributed by atoms with Gasteiger partial charge in [0.2, 0.25) is 0 Å². The SMILES string of the molecule is Cc1ccc(C(=O)O)cc1N=C1NC(=O)/C(=C/c2ccc(Br)cc2)S1. The van der Waals surface area contributed by atoms with Gasteiger partial charge < -0.3 is 10.4 Å². The van der Waals surface area contributed by atoms with Crippen molar-refractivity contribution >= 4 is 56.5 Å². The number of rotatable bonds is 3. The van der Waals surface area contributed by atoms with E-state index < -0.39 is 5.97 Å². The Balaban J connectivity index is 1.87. The zero-order valence-electron chi connectivity index (χ0n) is 13.1. The summed E-state index contributed by atoms with van der Waals surface area (Å²) in [6.07, 6.45) is 1.79. The van der Waals surface area contributed by atoms with Gasteiger partial charge in [0.15, 0.2) is 5.17 Å². The third kappa shape index (κ3) is 4.18. The largest absolute Gasteiger partial charge is 0.478 e. The second-order valence-corrected chi connectivity index (χ2v) is 7.29. The molecule has 2 N–H and O–H groups in total. The molecule has 0 atom stereocenters. The number of amides is 1. The van der Waals surface area contributed by atoms with Crippen LogP contribution < -0.4 is 5.32 Å². The number of carbonyl (C=O) groups is 2. The molecule has 0 bridgehead atoms. The highest BCUT2D eigenvalue weighted by molar-refractivity contribution is 9.10. The van der Waals surface area contributed by atoms with Crippen molar-refractivity contribution in [3.63, 3.8) is 0 Å². The molecule has 0 spiro atoms. The summed E-state index contributed by atoms with van der Waals surface area (Å²) in [7, 11) is 0. The molecule has 3 rings (SSSR count). The predicted octanol–water partition coefficient (Wildman–Crippen LogP) is 4.35. The molecule has 2 aromatic carbocycles. The molecular formula is C18H13BrN2O3S. The molecular weight excluding hydrogens is 404 g/mol. The quantitative estimate of drug-likeness (QED) is 0.728. The van der Waals surface area contributed by atoms with Gasteiger partial charge in [0.05, 0.1) is 16.2 Å². The molecule has 7 heteroatoms. The molecule has 1 aliphatic rings. The molecule has 2 aromatic rings. The molecule has 25 heavy (non-hydrogen) atoms. The Hall–Kier alpha value is -2.38. The van der Waals surface area contributed by atoms with Crippen LogP contribution in [0.4, 0.5) is 5.69 Å². The fraction of sp³-hybridized carbons (Fsp3) is 0.0556. The number of carboxylic acids is 1. The van der Waals surface area contributed by atoms with Gasteiger partial charge in [0.25, 0.3) is 5.91 Å². The lowest BCUT2D eigenvalue weighted by Gasteiger charge is -2.03. The van der Waals surface area contributed by atoms with Crippen molar-refractivity contribution in [3.05, 3.63) is 68.5 Å². The van der Waals surface area contributed by atoms with E-state index in [1.54, 1.807) is 12.1 Å². The Morgan fingerprint density at radius 2 is 1.96 bits per heavy atom. The molecule has 0 unspecified atom stereocenters. The van der Waals surface area contributed by atoms with Crippen LogP contribution in [0.5, 0.6) is 0 Å². The smallest absolute Gasteiger partial charge is 0.335 e. The van der Waals surface area contributed by atoms with Gasteiger partial charge in [0.1, 0.15) is 0 Å². The number of thioether (sulfide) groups is 1. The lowest BCUT2D eigenvalue weighted by atomic mass is 10.1. The van der Waals surface area contributed by atoms with Crippen molar-refractivity contribution in [1.82, 2.24) is 5.32 Å². The van der Waals surface area contributed by atoms with Crippen LogP contribution in [0.25, 0.3) is 6.08 Å². The van der Waals surface area contributed by atoms with Gasteiger partial charge in [-0.2, -0.15) is 0 Å². The minimum atomic E-state index is -1.01. The van der Waals surface area contributed by atoms with Crippen molar-refractivity contribution < 1.29 is 14.7 Å². The Kier molecular flexibility index (Phi) is 5.06. The Morgan fingerprint density at radius 3 is 2.64 bits per heavy atom. The average molecular weight is 417 g/mol. The number of aryl methyl sites for hydroxylation is 1. The number of halogens is 1. The first-order valence-corrected chi connectivity index (χ1v) is 8.92. The van der Waals surface area contributed by atoms with E-state index >= 15 is 0 Å². The fourth-order valence-electron chi connectivity index (χ4n) is 2.16. The highest BCUT2D eigenvalue weighted by Crippen LogP contribution is 2.29. The zero-order chi connectivity index (χ0) is 18.0. The minimum Gasteiger partial charge on any atom is -0.478 e. The molecule has 1 aliphatic heterocycles. The standard InChI is InChI=1S/C18H13BrN2O3S/c1-10-2-5-12(17(23)24)9-14(10)20-18-21-16(22)15(25-18)8-11-3-6-13(19)7-4-11/h2-9H,1H3,(H,23,24)(H,20,21,22)/b15-8-. The van der Waals surface area contributed by atoms with Crippen molar-refractivity contribution in [2.75, 3.05) is 0 Å². The number of hydrogen-bond donors (Lipinski definition) is 2. The molecule has 1 saturated heterocycles. The van der Waals surface area contributed by atoms with Crippen molar-refractivity contribution in [2.24, 2.45) is 4.99 Å². The summed E-state index contributed by atoms with van der Waals surface area (Å²) in [4.78, 5) is 28.1. The van der Waals surface area contributed by atoms with Gasteiger partial charge in [-0.1, -0.05) is 34.1 Å². The van der Waals surface area contributed by atoms with Crippen molar-refractivity contribution in [1.29, 1.82) is 0 Å². The first-order valence-electron chi connectivity index (χ1n) is 7.31. The monoisotopic (exact) mass is 416 g/mol. The van der Waals surface area contributed by atoms with Crippen LogP contribution in [0, 0.1) is 6.92 Å². The zero-order valence-corrected chi connectivity index (χ0v) is 15.5. The molecule has 1 fully saturated rings. The lowest BCUT2D eigenvalue weighted by molar-refractivity contribution is -0.115. The Labute approximate surface area is 157 Å². The number of aliphatic imine (C=N–C) groups is 1. The third-order valence-electron chi connectivity index (χ3n) is 3.50. The van der Waals surface area contributed by atoms with Crippen LogP contribution in [0.1, 0.15) is 21.5 Å². The van der Waals surface area contributed by atoms with Gasteiger partial charge in [-0.25, -0.2) is 9.79 Å². The maximum Gasteiger partial charge on any atom is 0.335 e. The van der Waals surface area contributed by atoms with Crippen molar-refractivity contribution in [2.45, 2.75) is 6.92 Å². The molecule has 0 aromatic heterocycles. The normalized spacial score (nSPS) is 17.1. The number of hydrogen-bond acceptors (Lipinski definition) is 4. The lowest BCUT2D eigenvalue weighted by Crippen LogP contribution is -2.19. The summed E-state index contributed by atoms with van der Waals surface area (Å²) in [5.74, 6) is -1.24. The molecule has 5 nitrogen and oxygen atoms in total. The first kappa shape index (κ1) is 17.4. The van der Waals surface area contributed by atoms with Crippen LogP contribution in [-0.4, -0.2) is 22.2 Å². The third-order valence-corrected chi connectivity index (χ3v) is 4.94. The van der Waals surface area contributed by atoms with Gasteiger partial charge in [-0.15, -0.1) is 0 Å². The van der Waals surface area contributed by atoms with Gasteiger partial charge >= 0.3 is 5.97 Å². The minimum absolute atomic E-state index is 0.157. The molecule has 0 saturated carbocycles. The summed E-state index contributed by atoms with van der Waals surface area (Å²) < 4.78 is 0.967. The van der Waals surface area contributed by atoms with Crippen molar-refractivity contribution in [3.8, 4) is 0 Å². The van der Waals surface area contributed by atoms with Crippen LogP contribution in [0.2, 0.25) is 0 Å². The summed E-state index contributed by atoms with van der Waals surface area (Å²) in [6.45, 7) is 1.84. The van der Waals surface area contributed by atoms with E-state index in [1.807, 2.05) is 31.2 Å². The topological polar surface area (TPSA) is 78.8 Å². The van der Waals surface area contributed by atoms with E-state index in [4.69, 9.17) is 5.11 Å². The van der Waals surface area contributed by atoms with E-state index in [0.717, 1.165) is 15.6 Å². The molecule has 0 aliphatic carbocycles. The number of benzene rings is 2. The number of nitrogens with one attached hydrogen (secondary N) is 1. The van der Waals surface area contributed by atoms with E-state index in [2.05, 4.69) is 26.2 Å². The molecule has 0 radical (unpaired) electrons. The summed E-state index contributed by atoms with van der Waals surface area (Å²) in [5.41, 5.74) is 2.42. The molecule has 126 valence electrons. The number of carbonyl (C=O) groups excluding carboxylic acids is 1. The summed E-state index contributed by atoms with van der Waals surface area (Å²) >= 11 is 4.60. The van der Waals surface area contributed by atoms with Gasteiger partial charge in [0, 0.05) is 4.47 Å².